The van der Waals surface area contributed by atoms with Gasteiger partial charge in [-0.1, -0.05) is 0 Å². The minimum atomic E-state index is -2.63. The van der Waals surface area contributed by atoms with E-state index in [-0.39, 0.29) is 23.9 Å². The van der Waals surface area contributed by atoms with Gasteiger partial charge in [-0.15, -0.1) is 0 Å². The van der Waals surface area contributed by atoms with Crippen LogP contribution in [0.1, 0.15) is 63.1 Å². The Labute approximate surface area is 195 Å². The van der Waals surface area contributed by atoms with Crippen LogP contribution in [-0.4, -0.2) is 22.4 Å². The van der Waals surface area contributed by atoms with Crippen LogP contribution >= 0.6 is 23.2 Å². The van der Waals surface area contributed by atoms with E-state index in [1.54, 1.807) is 6.07 Å². The zero-order valence-corrected chi connectivity index (χ0v) is 20.2. The number of nitrogens with one attached hydrogen (secondary N) is 2. The predicted octanol–water partition coefficient (Wildman–Crippen LogP) is 5.60. The Hall–Kier alpha value is -0.508. The molecule has 2 N–H and O–H groups in total. The van der Waals surface area contributed by atoms with Crippen LogP contribution in [0.15, 0.2) is 12.1 Å². The molecule has 4 unspecified atom stereocenters. The first-order chi connectivity index (χ1) is 14.1. The first kappa shape index (κ1) is 24.1. The molecule has 1 aromatic rings. The summed E-state index contributed by atoms with van der Waals surface area (Å²) in [4.78, 5) is 11.4. The predicted molar refractivity (Wildman–Crippen MR) is 114 cm³/mol. The van der Waals surface area contributed by atoms with Crippen molar-refractivity contribution in [3.63, 3.8) is 0 Å². The van der Waals surface area contributed by atoms with E-state index in [1.807, 2.05) is 19.9 Å². The number of benzene rings is 1. The third-order valence-electron chi connectivity index (χ3n) is 6.52. The van der Waals surface area contributed by atoms with E-state index in [0.29, 0.717) is 22.9 Å². The zero-order valence-electron chi connectivity index (χ0n) is 17.4. The van der Waals surface area contributed by atoms with Gasteiger partial charge in [0.2, 0.25) is 0 Å². The van der Waals surface area contributed by atoms with Crippen molar-refractivity contribution in [2.45, 2.75) is 70.9 Å². The van der Waals surface area contributed by atoms with Gasteiger partial charge < -0.3 is 0 Å². The van der Waals surface area contributed by atoms with Gasteiger partial charge in [0, 0.05) is 0 Å². The summed E-state index contributed by atoms with van der Waals surface area (Å²) < 4.78 is 29.5. The van der Waals surface area contributed by atoms with Gasteiger partial charge in [-0.2, -0.15) is 0 Å². The Morgan fingerprint density at radius 3 is 2.60 bits per heavy atom. The summed E-state index contributed by atoms with van der Waals surface area (Å²) in [5.74, 6) is -3.69. The Morgan fingerprint density at radius 2 is 2.00 bits per heavy atom. The molecule has 30 heavy (non-hydrogen) atoms. The Morgan fingerprint density at radius 1 is 1.30 bits per heavy atom. The summed E-state index contributed by atoms with van der Waals surface area (Å²) in [5, 5.41) is 7.30. The third kappa shape index (κ3) is 5.10. The van der Waals surface area contributed by atoms with Crippen molar-refractivity contribution >= 4 is 33.6 Å². The third-order valence-corrected chi connectivity index (χ3v) is 8.04. The van der Waals surface area contributed by atoms with Gasteiger partial charge in [0.05, 0.1) is 0 Å². The summed E-state index contributed by atoms with van der Waals surface area (Å²) in [5.41, 5.74) is 1.71. The molecule has 0 aliphatic heterocycles. The van der Waals surface area contributed by atoms with Crippen LogP contribution in [-0.2, 0) is 20.6 Å². The van der Waals surface area contributed by atoms with Crippen molar-refractivity contribution in [1.82, 2.24) is 10.6 Å². The van der Waals surface area contributed by atoms with Crippen molar-refractivity contribution in [3.05, 3.63) is 33.3 Å². The van der Waals surface area contributed by atoms with Crippen LogP contribution in [0.5, 0.6) is 0 Å². The zero-order chi connectivity index (χ0) is 22.2. The molecule has 0 heterocycles. The van der Waals surface area contributed by atoms with E-state index in [0.717, 1.165) is 34.9 Å². The molecule has 5 atom stereocenters. The van der Waals surface area contributed by atoms with Crippen LogP contribution in [0, 0.1) is 24.7 Å². The van der Waals surface area contributed by atoms with E-state index in [9.17, 15) is 13.6 Å². The van der Waals surface area contributed by atoms with E-state index in [2.05, 4.69) is 26.5 Å². The second-order valence-corrected chi connectivity index (χ2v) is 10.1. The molecule has 2 fully saturated rings. The maximum absolute atomic E-state index is 14.3. The number of hydrogen-bond donors (Lipinski definition) is 2. The average molecular weight is 497 g/mol. The molecule has 2 saturated carbocycles. The fourth-order valence-corrected chi connectivity index (χ4v) is 5.92. The Balaban J connectivity index is 1.80. The first-order valence-corrected chi connectivity index (χ1v) is 11.8. The number of alkyl halides is 2. The fourth-order valence-electron chi connectivity index (χ4n) is 4.86. The Bertz CT molecular complexity index is 836. The molecule has 166 valence electrons. The number of halogens is 4. The van der Waals surface area contributed by atoms with E-state index < -0.39 is 17.8 Å². The van der Waals surface area contributed by atoms with Gasteiger partial charge in [-0.05, 0) is 0 Å². The van der Waals surface area contributed by atoms with Crippen LogP contribution in [0.2, 0.25) is 10.0 Å². The van der Waals surface area contributed by atoms with Crippen molar-refractivity contribution in [3.8, 4) is 0 Å². The molecule has 0 spiro atoms. The molecular weight excluding hydrogens is 469 g/mol. The normalized spacial score (nSPS) is 28.2. The molecule has 2 aliphatic rings. The molecule has 2 aliphatic carbocycles. The topological polar surface area (TPSA) is 41.1 Å². The molecule has 3 nitrogen and oxygen atoms in total. The number of rotatable bonds is 8. The number of hydrogen-bond acceptors (Lipinski definition) is 2. The van der Waals surface area contributed by atoms with Gasteiger partial charge in [0.25, 0.3) is 0 Å². The molecule has 0 aromatic heterocycles. The number of amides is 1. The van der Waals surface area contributed by atoms with Crippen molar-refractivity contribution in [1.29, 1.82) is 0 Å². The van der Waals surface area contributed by atoms with Crippen LogP contribution in [0.3, 0.4) is 0 Å². The standard InChI is InChI=1S/C22H28Cl2F2N2O.Cr/c1-4-16-17(22(16,25)26)10-19(20-12(2)5-8-18(23)21(20)24)27-11-14-6-7-15(9-14)28-13(3)29;/h5,8,14-17,19,27H,4,6-7,9-10H2,1-3H3,(H,28,29);/t14-,15?,16?,17?,19?;/m1./s1. The van der Waals surface area contributed by atoms with Crippen molar-refractivity contribution < 1.29 is 29.4 Å². The minimum absolute atomic E-state index is 0.0315. The number of aryl methyl sites for hydroxylation is 1. The van der Waals surface area contributed by atoms with Gasteiger partial charge in [0.15, 0.2) is 0 Å². The monoisotopic (exact) mass is 496 g/mol. The summed E-state index contributed by atoms with van der Waals surface area (Å²) in [6.07, 6.45) is 3.40. The van der Waals surface area contributed by atoms with Gasteiger partial charge in [-0.25, -0.2) is 0 Å². The van der Waals surface area contributed by atoms with E-state index in [1.165, 1.54) is 6.92 Å². The molecule has 8 heteroatoms. The maximum atomic E-state index is 14.3. The summed E-state index contributed by atoms with van der Waals surface area (Å²) in [7, 11) is 0. The second-order valence-electron chi connectivity index (χ2n) is 8.59. The van der Waals surface area contributed by atoms with Gasteiger partial charge in [0.1, 0.15) is 0 Å². The second kappa shape index (κ2) is 9.55. The Kier molecular flexibility index (Phi) is 7.68. The van der Waals surface area contributed by atoms with Crippen LogP contribution < -0.4 is 10.6 Å². The average Bonchev–Trinajstić information content (AvgIpc) is 2.98. The summed E-state index contributed by atoms with van der Waals surface area (Å²) in [6.45, 7) is 5.26. The van der Waals surface area contributed by atoms with Gasteiger partial charge >= 0.3 is 196 Å². The molecule has 3 rings (SSSR count). The summed E-state index contributed by atoms with van der Waals surface area (Å²) in [6, 6.07) is 3.39. The van der Waals surface area contributed by atoms with Crippen molar-refractivity contribution in [2.24, 2.45) is 17.8 Å². The molecular formula is C22H28Cl2CrF2N2O. The van der Waals surface area contributed by atoms with E-state index >= 15 is 0 Å². The van der Waals surface area contributed by atoms with Crippen molar-refractivity contribution in [2.75, 3.05) is 0 Å². The van der Waals surface area contributed by atoms with Crippen LogP contribution in [0.25, 0.3) is 0 Å². The number of carbonyl (C=O) groups excluding carboxylic acids is 1. The van der Waals surface area contributed by atoms with Gasteiger partial charge in [-0.3, -0.25) is 0 Å². The summed E-state index contributed by atoms with van der Waals surface area (Å²) >= 11 is 15.9. The van der Waals surface area contributed by atoms with Crippen LogP contribution in [0.4, 0.5) is 8.78 Å². The molecule has 1 aromatic carbocycles. The SMILES string of the molecule is CCC1C(CC(N[C](=[Cr])[C@@H]2CCC(NC(C)=O)C2)c2c(C)ccc(Cl)c2Cl)C1(F)F. The molecule has 0 radical (unpaired) electrons. The first-order valence-electron chi connectivity index (χ1n) is 10.5. The molecule has 0 bridgehead atoms. The van der Waals surface area contributed by atoms with E-state index in [4.69, 9.17) is 23.2 Å². The quantitative estimate of drug-likeness (QED) is 0.492. The molecule has 0 saturated heterocycles. The fraction of sp³-hybridized carbons (Fsp3) is 0.636. The molecule has 1 amide bonds. The number of carbonyl (C=O) groups is 1.